The van der Waals surface area contributed by atoms with Crippen LogP contribution in [0.3, 0.4) is 0 Å². The number of aryl methyl sites for hydroxylation is 1. The van der Waals surface area contributed by atoms with Gasteiger partial charge in [0, 0.05) is 6.07 Å². The number of hydrogen-bond acceptors (Lipinski definition) is 4. The van der Waals surface area contributed by atoms with Crippen molar-refractivity contribution in [1.29, 1.82) is 0 Å². The van der Waals surface area contributed by atoms with E-state index in [0.717, 1.165) is 24.5 Å². The SMILES string of the molecule is CCCCCCCCCc1cccc(Oc2ccc(O)cc2S(=O)(=O)O)c1. The molecule has 0 saturated carbocycles. The van der Waals surface area contributed by atoms with Crippen molar-refractivity contribution >= 4 is 10.1 Å². The van der Waals surface area contributed by atoms with Crippen molar-refractivity contribution < 1.29 is 22.8 Å². The average molecular weight is 393 g/mol. The first-order valence-electron chi connectivity index (χ1n) is 9.47. The minimum absolute atomic E-state index is 0.0247. The van der Waals surface area contributed by atoms with Gasteiger partial charge in [-0.05, 0) is 42.7 Å². The normalized spacial score (nSPS) is 11.5. The van der Waals surface area contributed by atoms with E-state index in [-0.39, 0.29) is 11.5 Å². The van der Waals surface area contributed by atoms with Crippen LogP contribution in [0.2, 0.25) is 0 Å². The molecule has 2 aromatic rings. The molecule has 0 saturated heterocycles. The standard InChI is InChI=1S/C21H28O5S/c1-2-3-4-5-6-7-8-10-17-11-9-12-19(15-17)26-20-14-13-18(22)16-21(20)27(23,24)25/h9,11-16,22H,2-8,10H2,1H3,(H,23,24,25). The highest BCUT2D eigenvalue weighted by Crippen LogP contribution is 2.32. The van der Waals surface area contributed by atoms with Gasteiger partial charge in [-0.1, -0.05) is 57.6 Å². The van der Waals surface area contributed by atoms with Crippen molar-refractivity contribution in [1.82, 2.24) is 0 Å². The Kier molecular flexibility index (Phi) is 8.13. The van der Waals surface area contributed by atoms with Crippen molar-refractivity contribution in [2.45, 2.75) is 63.2 Å². The third-order valence-corrected chi connectivity index (χ3v) is 5.28. The molecule has 0 aromatic heterocycles. The van der Waals surface area contributed by atoms with Crippen LogP contribution in [0.25, 0.3) is 0 Å². The van der Waals surface area contributed by atoms with Gasteiger partial charge in [0.1, 0.15) is 22.1 Å². The van der Waals surface area contributed by atoms with E-state index in [1.54, 1.807) is 6.07 Å². The second-order valence-corrected chi connectivity index (χ2v) is 8.12. The predicted molar refractivity (Wildman–Crippen MR) is 106 cm³/mol. The van der Waals surface area contributed by atoms with Gasteiger partial charge < -0.3 is 9.84 Å². The molecule has 27 heavy (non-hydrogen) atoms. The summed E-state index contributed by atoms with van der Waals surface area (Å²) in [4.78, 5) is -0.458. The summed E-state index contributed by atoms with van der Waals surface area (Å²) in [6.45, 7) is 2.21. The Balaban J connectivity index is 1.96. The molecule has 2 N–H and O–H groups in total. The molecule has 0 amide bonds. The van der Waals surface area contributed by atoms with Crippen molar-refractivity contribution in [3.05, 3.63) is 48.0 Å². The summed E-state index contributed by atoms with van der Waals surface area (Å²) in [5.74, 6) is 0.206. The maximum absolute atomic E-state index is 11.5. The number of unbranched alkanes of at least 4 members (excludes halogenated alkanes) is 6. The van der Waals surface area contributed by atoms with Gasteiger partial charge in [-0.15, -0.1) is 0 Å². The largest absolute Gasteiger partial charge is 0.508 e. The van der Waals surface area contributed by atoms with E-state index in [1.165, 1.54) is 50.7 Å². The lowest BCUT2D eigenvalue weighted by molar-refractivity contribution is 0.438. The van der Waals surface area contributed by atoms with Gasteiger partial charge in [0.2, 0.25) is 0 Å². The topological polar surface area (TPSA) is 83.8 Å². The van der Waals surface area contributed by atoms with Gasteiger partial charge in [-0.2, -0.15) is 8.42 Å². The van der Waals surface area contributed by atoms with E-state index < -0.39 is 15.0 Å². The molecule has 0 heterocycles. The third kappa shape index (κ3) is 7.23. The first kappa shape index (κ1) is 21.3. The highest BCUT2D eigenvalue weighted by Gasteiger charge is 2.18. The van der Waals surface area contributed by atoms with Crippen LogP contribution in [0, 0.1) is 0 Å². The zero-order valence-corrected chi connectivity index (χ0v) is 16.5. The summed E-state index contributed by atoms with van der Waals surface area (Å²) in [5, 5.41) is 9.47. The van der Waals surface area contributed by atoms with Crippen molar-refractivity contribution in [3.8, 4) is 17.2 Å². The molecule has 0 fully saturated rings. The molecule has 0 aliphatic rings. The van der Waals surface area contributed by atoms with Gasteiger partial charge in [0.15, 0.2) is 0 Å². The van der Waals surface area contributed by atoms with Crippen molar-refractivity contribution in [2.75, 3.05) is 0 Å². The molecular weight excluding hydrogens is 364 g/mol. The van der Waals surface area contributed by atoms with Gasteiger partial charge in [0.05, 0.1) is 0 Å². The zero-order chi connectivity index (χ0) is 19.7. The molecular formula is C21H28O5S. The molecule has 0 bridgehead atoms. The van der Waals surface area contributed by atoms with Crippen LogP contribution >= 0.6 is 0 Å². The van der Waals surface area contributed by atoms with E-state index >= 15 is 0 Å². The number of ether oxygens (including phenoxy) is 1. The van der Waals surface area contributed by atoms with E-state index in [1.807, 2.05) is 18.2 Å². The number of hydrogen-bond donors (Lipinski definition) is 2. The number of phenolic OH excluding ortho intramolecular Hbond substituents is 1. The third-order valence-electron chi connectivity index (χ3n) is 4.40. The van der Waals surface area contributed by atoms with Crippen LogP contribution in [0.4, 0.5) is 0 Å². The fourth-order valence-corrected chi connectivity index (χ4v) is 3.59. The summed E-state index contributed by atoms with van der Waals surface area (Å²) in [7, 11) is -4.50. The first-order valence-corrected chi connectivity index (χ1v) is 10.9. The molecule has 148 valence electrons. The van der Waals surface area contributed by atoms with Crippen LogP contribution in [0.5, 0.6) is 17.2 Å². The van der Waals surface area contributed by atoms with E-state index in [9.17, 15) is 18.1 Å². The maximum atomic E-state index is 11.5. The van der Waals surface area contributed by atoms with Crippen LogP contribution in [0.15, 0.2) is 47.4 Å². The zero-order valence-electron chi connectivity index (χ0n) is 15.7. The van der Waals surface area contributed by atoms with Gasteiger partial charge >= 0.3 is 0 Å². The molecule has 0 radical (unpaired) electrons. The Morgan fingerprint density at radius 3 is 2.33 bits per heavy atom. The minimum Gasteiger partial charge on any atom is -0.508 e. The Morgan fingerprint density at radius 1 is 0.926 bits per heavy atom. The molecule has 0 spiro atoms. The highest BCUT2D eigenvalue weighted by atomic mass is 32.2. The second kappa shape index (κ2) is 10.3. The summed E-state index contributed by atoms with van der Waals surface area (Å²) >= 11 is 0. The Morgan fingerprint density at radius 2 is 1.63 bits per heavy atom. The van der Waals surface area contributed by atoms with E-state index in [2.05, 4.69) is 6.92 Å². The molecule has 2 aromatic carbocycles. The van der Waals surface area contributed by atoms with Gasteiger partial charge in [0.25, 0.3) is 10.1 Å². The average Bonchev–Trinajstić information content (AvgIpc) is 2.62. The maximum Gasteiger partial charge on any atom is 0.298 e. The fourth-order valence-electron chi connectivity index (χ4n) is 2.96. The molecule has 6 heteroatoms. The summed E-state index contributed by atoms with van der Waals surface area (Å²) in [6, 6.07) is 11.1. The summed E-state index contributed by atoms with van der Waals surface area (Å²) < 4.78 is 38.0. The number of aromatic hydroxyl groups is 1. The summed E-state index contributed by atoms with van der Waals surface area (Å²) in [5.41, 5.74) is 1.12. The van der Waals surface area contributed by atoms with Gasteiger partial charge in [-0.25, -0.2) is 0 Å². The molecule has 5 nitrogen and oxygen atoms in total. The van der Waals surface area contributed by atoms with Crippen molar-refractivity contribution in [2.24, 2.45) is 0 Å². The Bertz CT molecular complexity index is 830. The van der Waals surface area contributed by atoms with Crippen LogP contribution in [-0.2, 0) is 16.5 Å². The molecule has 2 rings (SSSR count). The quantitative estimate of drug-likeness (QED) is 0.377. The number of benzene rings is 2. The first-order chi connectivity index (χ1) is 12.9. The minimum atomic E-state index is -4.50. The molecule has 0 unspecified atom stereocenters. The van der Waals surface area contributed by atoms with Crippen molar-refractivity contribution in [3.63, 3.8) is 0 Å². The van der Waals surface area contributed by atoms with Crippen LogP contribution < -0.4 is 4.74 Å². The second-order valence-electron chi connectivity index (χ2n) is 6.73. The Hall–Kier alpha value is -2.05. The number of phenols is 1. The number of rotatable bonds is 11. The fraction of sp³-hybridized carbons (Fsp3) is 0.429. The lowest BCUT2D eigenvalue weighted by Crippen LogP contribution is -2.01. The van der Waals surface area contributed by atoms with Gasteiger partial charge in [-0.3, -0.25) is 4.55 Å². The van der Waals surface area contributed by atoms with Crippen LogP contribution in [-0.4, -0.2) is 18.1 Å². The lowest BCUT2D eigenvalue weighted by atomic mass is 10.0. The molecule has 0 aliphatic heterocycles. The van der Waals surface area contributed by atoms with E-state index in [4.69, 9.17) is 4.74 Å². The highest BCUT2D eigenvalue weighted by molar-refractivity contribution is 7.86. The molecule has 0 aliphatic carbocycles. The van der Waals surface area contributed by atoms with E-state index in [0.29, 0.717) is 5.75 Å². The van der Waals surface area contributed by atoms with Crippen LogP contribution in [0.1, 0.15) is 57.4 Å². The lowest BCUT2D eigenvalue weighted by Gasteiger charge is -2.11. The molecule has 0 atom stereocenters. The predicted octanol–water partition coefficient (Wildman–Crippen LogP) is 5.72. The Labute approximate surface area is 161 Å². The summed E-state index contributed by atoms with van der Waals surface area (Å²) in [6.07, 6.45) is 9.64. The monoisotopic (exact) mass is 392 g/mol. The smallest absolute Gasteiger partial charge is 0.298 e.